The summed E-state index contributed by atoms with van der Waals surface area (Å²) in [5.41, 5.74) is 11.9. The molecule has 0 radical (unpaired) electrons. The maximum absolute atomic E-state index is 14.2. The molecule has 0 bridgehead atoms. The summed E-state index contributed by atoms with van der Waals surface area (Å²) in [5.74, 6) is 0.222. The summed E-state index contributed by atoms with van der Waals surface area (Å²) in [6.45, 7) is 6.94. The Bertz CT molecular complexity index is 951. The van der Waals surface area contributed by atoms with E-state index in [0.29, 0.717) is 24.4 Å². The van der Waals surface area contributed by atoms with Crippen molar-refractivity contribution in [2.75, 3.05) is 58.9 Å². The highest BCUT2D eigenvalue weighted by molar-refractivity contribution is 5.82. The lowest BCUT2D eigenvalue weighted by atomic mass is 9.74. The number of nitrogens with one attached hydrogen (secondary N) is 5. The molecule has 5 heterocycles. The van der Waals surface area contributed by atoms with Gasteiger partial charge in [0.15, 0.2) is 0 Å². The molecule has 0 spiro atoms. The predicted molar refractivity (Wildman–Crippen MR) is 169 cm³/mol. The monoisotopic (exact) mass is 619 g/mol. The van der Waals surface area contributed by atoms with Crippen molar-refractivity contribution in [3.63, 3.8) is 0 Å². The second-order valence-corrected chi connectivity index (χ2v) is 14.6. The molecule has 5 unspecified atom stereocenters. The minimum absolute atomic E-state index is 0.0562. The molecule has 9 N–H and O–H groups in total. The molecule has 250 valence electrons. The minimum atomic E-state index is -1.01. The first kappa shape index (κ1) is 32.5. The Hall–Kier alpha value is -1.41. The average Bonchev–Trinajstić information content (AvgIpc) is 3.78. The number of halogens is 1. The highest BCUT2D eigenvalue weighted by atomic mass is 19.1. The number of amides is 2. The highest BCUT2D eigenvalue weighted by Gasteiger charge is 2.53. The van der Waals surface area contributed by atoms with Crippen molar-refractivity contribution in [2.45, 2.75) is 107 Å². The number of hydrogen-bond donors (Lipinski definition) is 7. The van der Waals surface area contributed by atoms with Crippen LogP contribution in [0.1, 0.15) is 70.6 Å². The van der Waals surface area contributed by atoms with Crippen molar-refractivity contribution < 1.29 is 14.0 Å². The van der Waals surface area contributed by atoms with E-state index < -0.39 is 23.9 Å². The van der Waals surface area contributed by atoms with Gasteiger partial charge >= 0.3 is 0 Å². The van der Waals surface area contributed by atoms with E-state index in [4.69, 9.17) is 11.5 Å². The van der Waals surface area contributed by atoms with Crippen molar-refractivity contribution >= 4 is 11.8 Å². The maximum Gasteiger partial charge on any atom is 0.239 e. The van der Waals surface area contributed by atoms with Crippen LogP contribution in [0.25, 0.3) is 0 Å². The standard InChI is InChI=1S/C32H58FN9O2/c33-23-18-38-32(39-19-23,22-5-1-2-6-22)28(29(34)35)30(43)40-27-20-36-12-9-25(27)21-7-8-26(37-17-21)31(44)42-15-10-24(11-16-42)41-13-3-4-14-41/h21-29,36-39H,1-20,34-35H2,(H,40,43). The second kappa shape index (κ2) is 14.6. The van der Waals surface area contributed by atoms with Gasteiger partial charge in [0.2, 0.25) is 11.8 Å². The Morgan fingerprint density at radius 1 is 0.841 bits per heavy atom. The Morgan fingerprint density at radius 3 is 2.18 bits per heavy atom. The van der Waals surface area contributed by atoms with Crippen molar-refractivity contribution in [2.24, 2.45) is 35.1 Å². The number of nitrogens with two attached hydrogens (primary N) is 2. The molecule has 1 saturated carbocycles. The average molecular weight is 620 g/mol. The molecule has 5 aliphatic heterocycles. The normalized spacial score (nSPS) is 37.4. The van der Waals surface area contributed by atoms with Gasteiger partial charge in [-0.3, -0.25) is 20.2 Å². The van der Waals surface area contributed by atoms with Gasteiger partial charge in [0.25, 0.3) is 0 Å². The van der Waals surface area contributed by atoms with E-state index in [1.54, 1.807) is 0 Å². The molecule has 0 aromatic carbocycles. The third-order valence-electron chi connectivity index (χ3n) is 12.0. The fraction of sp³-hybridized carbons (Fsp3) is 0.938. The van der Waals surface area contributed by atoms with Gasteiger partial charge in [0, 0.05) is 44.8 Å². The first-order chi connectivity index (χ1) is 21.4. The fourth-order valence-electron chi connectivity index (χ4n) is 9.63. The molecular formula is C32H58FN9O2. The summed E-state index contributed by atoms with van der Waals surface area (Å²) in [4.78, 5) is 32.3. The van der Waals surface area contributed by atoms with E-state index in [1.165, 1.54) is 25.9 Å². The van der Waals surface area contributed by atoms with Crippen molar-refractivity contribution in [1.82, 2.24) is 36.4 Å². The number of piperidine rings is 3. The SMILES string of the molecule is NC(N)C(C(=O)NC1CNCCC1C1CCC(C(=O)N2CCC(N3CCCC3)CC2)NC1)C1(C2CCCC2)NCC(F)CN1. The molecule has 6 rings (SSSR count). The molecule has 6 fully saturated rings. The van der Waals surface area contributed by atoms with E-state index in [1.807, 2.05) is 0 Å². The zero-order chi connectivity index (χ0) is 30.7. The molecule has 2 amide bonds. The zero-order valence-electron chi connectivity index (χ0n) is 26.6. The molecule has 12 heteroatoms. The summed E-state index contributed by atoms with van der Waals surface area (Å²) in [6.07, 6.45) is 9.78. The number of carbonyl (C=O) groups is 2. The summed E-state index contributed by atoms with van der Waals surface area (Å²) < 4.78 is 14.2. The van der Waals surface area contributed by atoms with E-state index in [9.17, 15) is 14.0 Å². The number of rotatable bonds is 8. The molecule has 0 aromatic heterocycles. The predicted octanol–water partition coefficient (Wildman–Crippen LogP) is -0.187. The molecule has 6 aliphatic rings. The third-order valence-corrected chi connectivity index (χ3v) is 12.0. The van der Waals surface area contributed by atoms with E-state index >= 15 is 0 Å². The molecule has 0 aromatic rings. The summed E-state index contributed by atoms with van der Waals surface area (Å²) in [6, 6.07) is 0.473. The lowest BCUT2D eigenvalue weighted by Gasteiger charge is -2.50. The van der Waals surface area contributed by atoms with Crippen molar-refractivity contribution in [3.05, 3.63) is 0 Å². The lowest BCUT2D eigenvalue weighted by molar-refractivity contribution is -0.136. The Balaban J connectivity index is 1.05. The summed E-state index contributed by atoms with van der Waals surface area (Å²) >= 11 is 0. The summed E-state index contributed by atoms with van der Waals surface area (Å²) in [7, 11) is 0. The smallest absolute Gasteiger partial charge is 0.239 e. The first-order valence-corrected chi connectivity index (χ1v) is 17.8. The Kier molecular flexibility index (Phi) is 10.8. The molecule has 5 atom stereocenters. The quantitative estimate of drug-likeness (QED) is 0.183. The molecule has 44 heavy (non-hydrogen) atoms. The van der Waals surface area contributed by atoms with Crippen LogP contribution in [-0.4, -0.2) is 117 Å². The first-order valence-electron chi connectivity index (χ1n) is 17.8. The highest BCUT2D eigenvalue weighted by Crippen LogP contribution is 2.39. The van der Waals surface area contributed by atoms with Crippen LogP contribution in [-0.2, 0) is 9.59 Å². The topological polar surface area (TPSA) is 153 Å². The van der Waals surface area contributed by atoms with Gasteiger partial charge in [0.1, 0.15) is 6.17 Å². The van der Waals surface area contributed by atoms with Crippen LogP contribution in [0, 0.1) is 23.7 Å². The maximum atomic E-state index is 14.2. The number of alkyl halides is 1. The van der Waals surface area contributed by atoms with Crippen LogP contribution >= 0.6 is 0 Å². The van der Waals surface area contributed by atoms with Gasteiger partial charge in [-0.05, 0) is 102 Å². The van der Waals surface area contributed by atoms with Crippen LogP contribution in [0.5, 0.6) is 0 Å². The molecule has 11 nitrogen and oxygen atoms in total. The number of nitrogens with zero attached hydrogens (tertiary/aromatic N) is 2. The number of likely N-dealkylation sites (tertiary alicyclic amines) is 2. The van der Waals surface area contributed by atoms with Crippen molar-refractivity contribution in [1.29, 1.82) is 0 Å². The van der Waals surface area contributed by atoms with Crippen LogP contribution in [0.15, 0.2) is 0 Å². The van der Waals surface area contributed by atoms with E-state index in [2.05, 4.69) is 36.4 Å². The van der Waals surface area contributed by atoms with Gasteiger partial charge in [-0.2, -0.15) is 0 Å². The van der Waals surface area contributed by atoms with E-state index in [0.717, 1.165) is 84.0 Å². The van der Waals surface area contributed by atoms with Gasteiger partial charge in [-0.15, -0.1) is 0 Å². The zero-order valence-corrected chi connectivity index (χ0v) is 26.6. The Labute approximate surface area is 262 Å². The van der Waals surface area contributed by atoms with Gasteiger partial charge < -0.3 is 37.2 Å². The molecule has 1 aliphatic carbocycles. The number of carbonyl (C=O) groups excluding carboxylic acids is 2. The van der Waals surface area contributed by atoms with E-state index in [-0.39, 0.29) is 42.9 Å². The number of hydrogen-bond acceptors (Lipinski definition) is 9. The van der Waals surface area contributed by atoms with Gasteiger partial charge in [-0.25, -0.2) is 4.39 Å². The fourth-order valence-corrected chi connectivity index (χ4v) is 9.63. The van der Waals surface area contributed by atoms with Crippen LogP contribution in [0.2, 0.25) is 0 Å². The van der Waals surface area contributed by atoms with Crippen LogP contribution in [0.3, 0.4) is 0 Å². The Morgan fingerprint density at radius 2 is 1.55 bits per heavy atom. The second-order valence-electron chi connectivity index (χ2n) is 14.6. The van der Waals surface area contributed by atoms with Crippen LogP contribution < -0.4 is 38.1 Å². The summed E-state index contributed by atoms with van der Waals surface area (Å²) in [5, 5.41) is 17.2. The lowest BCUT2D eigenvalue weighted by Crippen LogP contribution is -2.77. The van der Waals surface area contributed by atoms with Crippen LogP contribution in [0.4, 0.5) is 4.39 Å². The van der Waals surface area contributed by atoms with Gasteiger partial charge in [0.05, 0.1) is 23.8 Å². The minimum Gasteiger partial charge on any atom is -0.351 e. The molecule has 5 saturated heterocycles. The largest absolute Gasteiger partial charge is 0.351 e. The molecular weight excluding hydrogens is 561 g/mol. The third kappa shape index (κ3) is 6.96. The van der Waals surface area contributed by atoms with Gasteiger partial charge in [-0.1, -0.05) is 12.8 Å². The van der Waals surface area contributed by atoms with Crippen molar-refractivity contribution in [3.8, 4) is 0 Å².